The number of ether oxygens (including phenoxy) is 1. The normalized spacial score (nSPS) is 10.4. The molecule has 0 aliphatic heterocycles. The fraction of sp³-hybridized carbons (Fsp3) is 0.250. The highest BCUT2D eigenvalue weighted by Crippen LogP contribution is 2.26. The Morgan fingerprint density at radius 2 is 1.75 bits per heavy atom. The van der Waals surface area contributed by atoms with Crippen molar-refractivity contribution in [1.29, 1.82) is 0 Å². The summed E-state index contributed by atoms with van der Waals surface area (Å²) < 4.78 is 5.12. The maximum absolute atomic E-state index is 12.8. The fourth-order valence-corrected chi connectivity index (χ4v) is 2.80. The number of benzene rings is 1. The van der Waals surface area contributed by atoms with E-state index in [1.54, 1.807) is 45.0 Å². The fourth-order valence-electron chi connectivity index (χ4n) is 2.65. The molecule has 0 bridgehead atoms. The smallest absolute Gasteiger partial charge is 0.426 e. The van der Waals surface area contributed by atoms with Gasteiger partial charge in [0.25, 0.3) is 5.91 Å². The number of hydrogen-bond acceptors (Lipinski definition) is 5. The van der Waals surface area contributed by atoms with E-state index in [2.05, 4.69) is 26.7 Å². The quantitative estimate of drug-likeness (QED) is 0.319. The third kappa shape index (κ3) is 6.43. The summed E-state index contributed by atoms with van der Waals surface area (Å²) in [5.74, 6) is 2.00. The van der Waals surface area contributed by atoms with E-state index in [0.29, 0.717) is 16.6 Å². The molecule has 0 unspecified atom stereocenters. The molecule has 0 fully saturated rings. The molecule has 0 atom stereocenters. The number of amides is 2. The van der Waals surface area contributed by atoms with E-state index in [4.69, 9.17) is 22.8 Å². The van der Waals surface area contributed by atoms with Gasteiger partial charge >= 0.3 is 6.09 Å². The number of carbonyl (C=O) groups excluding carboxylic acids is 2. The number of pyridine rings is 2. The van der Waals surface area contributed by atoms with Crippen molar-refractivity contribution in [1.82, 2.24) is 20.8 Å². The van der Waals surface area contributed by atoms with Gasteiger partial charge < -0.3 is 4.74 Å². The summed E-state index contributed by atoms with van der Waals surface area (Å²) in [5, 5.41) is 0.722. The lowest BCUT2D eigenvalue weighted by atomic mass is 10.0. The van der Waals surface area contributed by atoms with Gasteiger partial charge in [-0.15, -0.1) is 6.42 Å². The van der Waals surface area contributed by atoms with E-state index in [0.717, 1.165) is 11.1 Å². The predicted octanol–water partition coefficient (Wildman–Crippen LogP) is 5.13. The highest BCUT2D eigenvalue weighted by Gasteiger charge is 2.19. The van der Waals surface area contributed by atoms with Crippen molar-refractivity contribution >= 4 is 34.5 Å². The van der Waals surface area contributed by atoms with Crippen LogP contribution in [0.15, 0.2) is 42.6 Å². The first kappa shape index (κ1) is 24.6. The second-order valence-electron chi connectivity index (χ2n) is 7.38. The molecule has 3 rings (SSSR count). The Bertz CT molecular complexity index is 1160. The van der Waals surface area contributed by atoms with Crippen LogP contribution in [0.3, 0.4) is 0 Å². The molecule has 3 aromatic rings. The lowest BCUT2D eigenvalue weighted by Crippen LogP contribution is -2.44. The summed E-state index contributed by atoms with van der Waals surface area (Å²) in [4.78, 5) is 33.3. The van der Waals surface area contributed by atoms with E-state index in [-0.39, 0.29) is 10.7 Å². The number of terminal acetylenes is 1. The molecule has 0 radical (unpaired) electrons. The van der Waals surface area contributed by atoms with Crippen molar-refractivity contribution in [2.24, 2.45) is 0 Å². The Labute approximate surface area is 192 Å². The molecule has 8 heteroatoms. The molecule has 166 valence electrons. The van der Waals surface area contributed by atoms with Crippen molar-refractivity contribution in [3.8, 4) is 23.6 Å². The molecule has 0 saturated heterocycles. The molecule has 0 aliphatic rings. The van der Waals surface area contributed by atoms with Gasteiger partial charge in [0.05, 0.1) is 16.8 Å². The van der Waals surface area contributed by atoms with Crippen LogP contribution in [-0.2, 0) is 4.74 Å². The van der Waals surface area contributed by atoms with Gasteiger partial charge in [0, 0.05) is 28.8 Å². The van der Waals surface area contributed by atoms with Crippen molar-refractivity contribution < 1.29 is 14.3 Å². The first-order chi connectivity index (χ1) is 15.2. The van der Waals surface area contributed by atoms with Crippen LogP contribution >= 0.6 is 11.6 Å². The topological polar surface area (TPSA) is 93.2 Å². The third-order valence-electron chi connectivity index (χ3n) is 3.93. The lowest BCUT2D eigenvalue weighted by Gasteiger charge is -2.20. The summed E-state index contributed by atoms with van der Waals surface area (Å²) in [6.07, 6.45) is 6.08. The Hall–Kier alpha value is -3.63. The van der Waals surface area contributed by atoms with Gasteiger partial charge in [-0.2, -0.15) is 0 Å². The van der Waals surface area contributed by atoms with Crippen molar-refractivity contribution in [2.45, 2.75) is 40.2 Å². The van der Waals surface area contributed by atoms with Gasteiger partial charge in [-0.05, 0) is 39.0 Å². The van der Waals surface area contributed by atoms with Crippen LogP contribution < -0.4 is 10.9 Å². The van der Waals surface area contributed by atoms with E-state index < -0.39 is 17.6 Å². The van der Waals surface area contributed by atoms with E-state index >= 15 is 0 Å². The Balaban J connectivity index is 0.00000176. The van der Waals surface area contributed by atoms with E-state index in [9.17, 15) is 9.59 Å². The first-order valence-electron chi connectivity index (χ1n) is 9.99. The van der Waals surface area contributed by atoms with Gasteiger partial charge in [0.15, 0.2) is 0 Å². The second kappa shape index (κ2) is 10.6. The highest BCUT2D eigenvalue weighted by molar-refractivity contribution is 6.30. The van der Waals surface area contributed by atoms with Gasteiger partial charge in [0.2, 0.25) is 0 Å². The number of nitrogens with zero attached hydrogens (tertiary/aromatic N) is 2. The molecule has 0 aliphatic carbocycles. The maximum atomic E-state index is 12.8. The van der Waals surface area contributed by atoms with Crippen molar-refractivity contribution in [3.63, 3.8) is 0 Å². The van der Waals surface area contributed by atoms with Crippen molar-refractivity contribution in [2.75, 3.05) is 0 Å². The third-order valence-corrected chi connectivity index (χ3v) is 4.14. The van der Waals surface area contributed by atoms with Crippen LogP contribution in [0.1, 0.15) is 50.5 Å². The van der Waals surface area contributed by atoms with Crippen LogP contribution in [0.4, 0.5) is 4.79 Å². The van der Waals surface area contributed by atoms with Crippen LogP contribution in [0.2, 0.25) is 5.15 Å². The summed E-state index contributed by atoms with van der Waals surface area (Å²) in [6, 6.07) is 10.4. The van der Waals surface area contributed by atoms with Crippen LogP contribution in [0.25, 0.3) is 22.2 Å². The maximum Gasteiger partial charge on any atom is 0.426 e. The number of carbonyl (C=O) groups is 2. The summed E-state index contributed by atoms with van der Waals surface area (Å²) in [6.45, 7) is 9.16. The summed E-state index contributed by atoms with van der Waals surface area (Å²) >= 11 is 6.01. The minimum atomic E-state index is -0.777. The average molecular weight is 453 g/mol. The van der Waals surface area contributed by atoms with E-state index in [1.165, 1.54) is 6.20 Å². The Morgan fingerprint density at radius 1 is 1.09 bits per heavy atom. The van der Waals surface area contributed by atoms with Gasteiger partial charge in [-0.25, -0.2) is 20.2 Å². The minimum absolute atomic E-state index is 0.244. The van der Waals surface area contributed by atoms with Crippen LogP contribution in [0.5, 0.6) is 0 Å². The summed E-state index contributed by atoms with van der Waals surface area (Å²) in [7, 11) is 0. The Morgan fingerprint density at radius 3 is 2.34 bits per heavy atom. The lowest BCUT2D eigenvalue weighted by molar-refractivity contribution is 0.0483. The molecule has 0 saturated carbocycles. The molecule has 0 spiro atoms. The number of halogens is 1. The zero-order valence-electron chi connectivity index (χ0n) is 18.6. The van der Waals surface area contributed by atoms with Gasteiger partial charge in [-0.1, -0.05) is 43.5 Å². The predicted molar refractivity (Wildman–Crippen MR) is 126 cm³/mol. The number of fused-ring (bicyclic) bond motifs is 1. The average Bonchev–Trinajstić information content (AvgIpc) is 2.76. The number of rotatable bonds is 2. The minimum Gasteiger partial charge on any atom is -0.443 e. The second-order valence-corrected chi connectivity index (χ2v) is 7.77. The number of hydrogen-bond donors (Lipinski definition) is 2. The van der Waals surface area contributed by atoms with Crippen LogP contribution in [0, 0.1) is 12.3 Å². The molecule has 2 heterocycles. The molecular weight excluding hydrogens is 428 g/mol. The number of aromatic nitrogens is 2. The molecule has 32 heavy (non-hydrogen) atoms. The van der Waals surface area contributed by atoms with E-state index in [1.807, 2.05) is 26.0 Å². The molecule has 2 aromatic heterocycles. The number of nitrogens with one attached hydrogen (secondary N) is 2. The van der Waals surface area contributed by atoms with Gasteiger partial charge in [-0.3, -0.25) is 10.2 Å². The zero-order chi connectivity index (χ0) is 23.9. The standard InChI is InChI=1S/C22H19ClN4O3.C2H6/c1-5-13-6-8-14(9-7-13)17-10-15(16-12-24-19(23)11-18(16)25-17)20(28)26-27-21(29)30-22(2,3)4;1-2/h1,6-12H,2-4H3,(H,26,28)(H,27,29);1-2H3. The zero-order valence-corrected chi connectivity index (χ0v) is 19.4. The molecule has 2 N–H and O–H groups in total. The molecule has 2 amide bonds. The summed E-state index contributed by atoms with van der Waals surface area (Å²) in [5.41, 5.74) is 6.66. The molecular formula is C24H25ClN4O3. The van der Waals surface area contributed by atoms with Crippen molar-refractivity contribution in [3.05, 3.63) is 58.9 Å². The Kier molecular flexibility index (Phi) is 8.16. The molecule has 1 aromatic carbocycles. The van der Waals surface area contributed by atoms with Crippen LogP contribution in [-0.4, -0.2) is 27.6 Å². The highest BCUT2D eigenvalue weighted by atomic mass is 35.5. The SMILES string of the molecule is C#Cc1ccc(-c2cc(C(=O)NNC(=O)OC(C)(C)C)c3cnc(Cl)cc3n2)cc1.CC. The largest absolute Gasteiger partial charge is 0.443 e. The monoisotopic (exact) mass is 452 g/mol. The number of hydrazine groups is 1. The first-order valence-corrected chi connectivity index (χ1v) is 10.4. The van der Waals surface area contributed by atoms with Gasteiger partial charge in [0.1, 0.15) is 10.8 Å². The molecule has 7 nitrogen and oxygen atoms in total.